The van der Waals surface area contributed by atoms with Crippen molar-refractivity contribution in [1.82, 2.24) is 20.9 Å². The van der Waals surface area contributed by atoms with Gasteiger partial charge in [-0.1, -0.05) is 30.3 Å². The van der Waals surface area contributed by atoms with Crippen LogP contribution in [-0.2, 0) is 25.6 Å². The van der Waals surface area contributed by atoms with Crippen LogP contribution in [0.3, 0.4) is 0 Å². The van der Waals surface area contributed by atoms with Crippen LogP contribution in [0.2, 0.25) is 0 Å². The average molecular weight is 506 g/mol. The van der Waals surface area contributed by atoms with Crippen LogP contribution in [0.1, 0.15) is 41.6 Å². The molecule has 5 N–H and O–H groups in total. The number of Topliss-reactive ketones (excluding diaryl/α,β-unsaturated/α-hetero) is 1. The van der Waals surface area contributed by atoms with Crippen LogP contribution < -0.4 is 21.3 Å². The van der Waals surface area contributed by atoms with E-state index < -0.39 is 11.8 Å². The Bertz CT molecular complexity index is 1250. The molecule has 0 saturated carbocycles. The molecule has 0 spiro atoms. The Labute approximate surface area is 214 Å². The predicted molar refractivity (Wildman–Crippen MR) is 140 cm³/mol. The fourth-order valence-electron chi connectivity index (χ4n) is 3.86. The Kier molecular flexibility index (Phi) is 10.4. The molecule has 10 heteroatoms. The summed E-state index contributed by atoms with van der Waals surface area (Å²) in [6.45, 7) is 0.971. The second kappa shape index (κ2) is 14.2. The summed E-state index contributed by atoms with van der Waals surface area (Å²) in [5.41, 5.74) is 2.71. The minimum absolute atomic E-state index is 0.0386. The SMILES string of the molecule is O=CNc1ccccc1C(=O)CCNC(=O)CC(=O)NCCCCNC(=O)Cc1c[nH]c2ccccc12. The minimum atomic E-state index is -0.478. The normalized spacial score (nSPS) is 10.5. The summed E-state index contributed by atoms with van der Waals surface area (Å²) in [5.74, 6) is -1.18. The van der Waals surface area contributed by atoms with Crippen LogP contribution in [0.15, 0.2) is 54.7 Å². The van der Waals surface area contributed by atoms with Crippen molar-refractivity contribution < 1.29 is 24.0 Å². The molecule has 0 saturated heterocycles. The molecule has 0 unspecified atom stereocenters. The highest BCUT2D eigenvalue weighted by Crippen LogP contribution is 2.18. The van der Waals surface area contributed by atoms with Crippen LogP contribution in [0, 0.1) is 0 Å². The number of ketones is 1. The van der Waals surface area contributed by atoms with Gasteiger partial charge >= 0.3 is 0 Å². The predicted octanol–water partition coefficient (Wildman–Crippen LogP) is 2.07. The summed E-state index contributed by atoms with van der Waals surface area (Å²) in [6, 6.07) is 14.4. The number of nitrogens with one attached hydrogen (secondary N) is 5. The van der Waals surface area contributed by atoms with Gasteiger partial charge in [-0.05, 0) is 36.6 Å². The number of aromatic amines is 1. The molecule has 0 bridgehead atoms. The van der Waals surface area contributed by atoms with Gasteiger partial charge in [-0.15, -0.1) is 0 Å². The monoisotopic (exact) mass is 505 g/mol. The minimum Gasteiger partial charge on any atom is -0.361 e. The third-order valence-electron chi connectivity index (χ3n) is 5.71. The van der Waals surface area contributed by atoms with Gasteiger partial charge in [0.05, 0.1) is 12.1 Å². The zero-order chi connectivity index (χ0) is 26.5. The Balaban J connectivity index is 1.23. The van der Waals surface area contributed by atoms with Crippen LogP contribution >= 0.6 is 0 Å². The van der Waals surface area contributed by atoms with Crippen molar-refractivity contribution in [3.8, 4) is 0 Å². The lowest BCUT2D eigenvalue weighted by Crippen LogP contribution is -2.33. The summed E-state index contributed by atoms with van der Waals surface area (Å²) in [7, 11) is 0. The number of amides is 4. The quantitative estimate of drug-likeness (QED) is 0.0928. The zero-order valence-electron chi connectivity index (χ0n) is 20.5. The number of unbranched alkanes of at least 4 members (excludes halogenated alkanes) is 1. The molecule has 37 heavy (non-hydrogen) atoms. The Morgan fingerprint density at radius 2 is 1.43 bits per heavy atom. The van der Waals surface area contributed by atoms with Crippen LogP contribution in [0.5, 0.6) is 0 Å². The molecule has 0 aliphatic heterocycles. The summed E-state index contributed by atoms with van der Waals surface area (Å²) in [4.78, 5) is 62.3. The van der Waals surface area contributed by atoms with E-state index in [-0.39, 0.29) is 31.1 Å². The molecule has 2 aromatic carbocycles. The number of H-pyrrole nitrogens is 1. The lowest BCUT2D eigenvalue weighted by atomic mass is 10.1. The number of carbonyl (C=O) groups is 5. The second-order valence-corrected chi connectivity index (χ2v) is 8.45. The van der Waals surface area contributed by atoms with Crippen molar-refractivity contribution in [2.45, 2.75) is 32.1 Å². The number of hydrogen-bond acceptors (Lipinski definition) is 5. The first kappa shape index (κ1) is 27.1. The van der Waals surface area contributed by atoms with Gasteiger partial charge in [-0.2, -0.15) is 0 Å². The molecule has 0 fully saturated rings. The number of para-hydroxylation sites is 2. The molecule has 0 aliphatic rings. The molecule has 10 nitrogen and oxygen atoms in total. The van der Waals surface area contributed by atoms with Gasteiger partial charge < -0.3 is 26.3 Å². The highest BCUT2D eigenvalue weighted by atomic mass is 16.2. The number of fused-ring (bicyclic) bond motifs is 1. The average Bonchev–Trinajstić information content (AvgIpc) is 3.29. The van der Waals surface area contributed by atoms with Gasteiger partial charge in [0.15, 0.2) is 5.78 Å². The number of carbonyl (C=O) groups excluding carboxylic acids is 5. The van der Waals surface area contributed by atoms with E-state index in [0.29, 0.717) is 50.0 Å². The molecule has 194 valence electrons. The first-order valence-electron chi connectivity index (χ1n) is 12.2. The number of rotatable bonds is 15. The maximum absolute atomic E-state index is 12.3. The topological polar surface area (TPSA) is 149 Å². The van der Waals surface area contributed by atoms with Crippen molar-refractivity contribution in [2.24, 2.45) is 0 Å². The molecule has 0 aliphatic carbocycles. The highest BCUT2D eigenvalue weighted by molar-refractivity contribution is 6.03. The number of aromatic nitrogens is 1. The highest BCUT2D eigenvalue weighted by Gasteiger charge is 2.13. The van der Waals surface area contributed by atoms with E-state index in [2.05, 4.69) is 26.3 Å². The summed E-state index contributed by atoms with van der Waals surface area (Å²) in [5, 5.41) is 11.6. The van der Waals surface area contributed by atoms with Gasteiger partial charge in [0, 0.05) is 48.7 Å². The molecule has 3 rings (SSSR count). The van der Waals surface area contributed by atoms with Crippen molar-refractivity contribution in [3.05, 3.63) is 65.9 Å². The molecule has 4 amide bonds. The fraction of sp³-hybridized carbons (Fsp3) is 0.296. The van der Waals surface area contributed by atoms with E-state index in [0.717, 1.165) is 16.5 Å². The van der Waals surface area contributed by atoms with Crippen molar-refractivity contribution in [2.75, 3.05) is 25.0 Å². The maximum Gasteiger partial charge on any atom is 0.229 e. The largest absolute Gasteiger partial charge is 0.361 e. The van der Waals surface area contributed by atoms with Crippen LogP contribution in [-0.4, -0.2) is 54.5 Å². The summed E-state index contributed by atoms with van der Waals surface area (Å²) >= 11 is 0. The zero-order valence-corrected chi connectivity index (χ0v) is 20.5. The molecule has 0 atom stereocenters. The first-order chi connectivity index (χ1) is 18.0. The Morgan fingerprint density at radius 1 is 0.784 bits per heavy atom. The Morgan fingerprint density at radius 3 is 2.19 bits per heavy atom. The van der Waals surface area contributed by atoms with Crippen LogP contribution in [0.25, 0.3) is 10.9 Å². The first-order valence-corrected chi connectivity index (χ1v) is 12.2. The number of hydrogen-bond donors (Lipinski definition) is 5. The molecule has 0 radical (unpaired) electrons. The smallest absolute Gasteiger partial charge is 0.229 e. The third-order valence-corrected chi connectivity index (χ3v) is 5.71. The van der Waals surface area contributed by atoms with Gasteiger partial charge in [0.25, 0.3) is 0 Å². The van der Waals surface area contributed by atoms with E-state index in [1.54, 1.807) is 24.3 Å². The van der Waals surface area contributed by atoms with Gasteiger partial charge in [0.1, 0.15) is 6.42 Å². The summed E-state index contributed by atoms with van der Waals surface area (Å²) < 4.78 is 0. The lowest BCUT2D eigenvalue weighted by molar-refractivity contribution is -0.129. The lowest BCUT2D eigenvalue weighted by Gasteiger charge is -2.09. The summed E-state index contributed by atoms with van der Waals surface area (Å²) in [6.07, 6.45) is 3.69. The molecule has 1 heterocycles. The van der Waals surface area contributed by atoms with E-state index >= 15 is 0 Å². The number of benzene rings is 2. The maximum atomic E-state index is 12.3. The fourth-order valence-corrected chi connectivity index (χ4v) is 3.86. The van der Waals surface area contributed by atoms with E-state index in [1.165, 1.54) is 0 Å². The molecule has 1 aromatic heterocycles. The van der Waals surface area contributed by atoms with E-state index in [9.17, 15) is 24.0 Å². The van der Waals surface area contributed by atoms with Crippen molar-refractivity contribution in [3.63, 3.8) is 0 Å². The van der Waals surface area contributed by atoms with Crippen molar-refractivity contribution >= 4 is 46.5 Å². The van der Waals surface area contributed by atoms with E-state index in [1.807, 2.05) is 30.5 Å². The molecular weight excluding hydrogens is 474 g/mol. The molecular formula is C27H31N5O5. The third kappa shape index (κ3) is 8.60. The van der Waals surface area contributed by atoms with Gasteiger partial charge in [-0.25, -0.2) is 0 Å². The van der Waals surface area contributed by atoms with Crippen LogP contribution in [0.4, 0.5) is 5.69 Å². The van der Waals surface area contributed by atoms with Gasteiger partial charge in [0.2, 0.25) is 24.1 Å². The molecule has 3 aromatic rings. The Hall–Kier alpha value is -4.47. The van der Waals surface area contributed by atoms with Gasteiger partial charge in [-0.3, -0.25) is 24.0 Å². The number of anilines is 1. The second-order valence-electron chi connectivity index (χ2n) is 8.45. The standard InChI is InChI=1S/C27H31N5O5/c33-18-32-23-10-4-2-8-21(23)24(34)11-14-30-27(37)16-26(36)29-13-6-5-12-28-25(35)15-19-17-31-22-9-3-1-7-20(19)22/h1-4,7-10,17-18,31H,5-6,11-16H2,(H,28,35)(H,29,36)(H,30,37)(H,32,33). The van der Waals surface area contributed by atoms with E-state index in [4.69, 9.17) is 0 Å². The van der Waals surface area contributed by atoms with Crippen molar-refractivity contribution in [1.29, 1.82) is 0 Å².